The maximum atomic E-state index is 11.9. The van der Waals surface area contributed by atoms with Crippen molar-refractivity contribution >= 4 is 5.78 Å². The molecule has 0 saturated carbocycles. The van der Waals surface area contributed by atoms with Crippen LogP contribution in [-0.2, 0) is 6.42 Å². The summed E-state index contributed by atoms with van der Waals surface area (Å²) >= 11 is 0. The van der Waals surface area contributed by atoms with E-state index in [0.717, 1.165) is 36.3 Å². The van der Waals surface area contributed by atoms with Crippen LogP contribution in [0, 0.1) is 6.92 Å². The molecule has 0 saturated heterocycles. The third-order valence-electron chi connectivity index (χ3n) is 3.51. The minimum atomic E-state index is 0.184. The molecule has 0 N–H and O–H groups in total. The molecule has 0 bridgehead atoms. The van der Waals surface area contributed by atoms with Crippen molar-refractivity contribution in [1.29, 1.82) is 0 Å². The van der Waals surface area contributed by atoms with Crippen LogP contribution in [0.15, 0.2) is 30.5 Å². The quantitative estimate of drug-likeness (QED) is 0.731. The number of Topliss-reactive ketones (excluding diaryl/α,β-unsaturated/α-hetero) is 1. The number of ketones is 1. The predicted molar refractivity (Wildman–Crippen MR) is 74.1 cm³/mol. The number of aryl methyl sites for hydroxylation is 2. The fraction of sp³-hybridized carbons (Fsp3) is 0.312. The molecule has 1 aliphatic carbocycles. The Labute approximate surface area is 112 Å². The molecule has 0 radical (unpaired) electrons. The summed E-state index contributed by atoms with van der Waals surface area (Å²) in [6, 6.07) is 8.13. The smallest absolute Gasteiger partial charge is 0.166 e. The lowest BCUT2D eigenvalue weighted by Gasteiger charge is -2.06. The summed E-state index contributed by atoms with van der Waals surface area (Å²) in [5, 5.41) is 0. The van der Waals surface area contributed by atoms with Gasteiger partial charge in [0.15, 0.2) is 11.6 Å². The molecule has 1 aromatic carbocycles. The van der Waals surface area contributed by atoms with Gasteiger partial charge in [0, 0.05) is 18.2 Å². The largest absolute Gasteiger partial charge is 0.294 e. The van der Waals surface area contributed by atoms with Gasteiger partial charge in [-0.25, -0.2) is 9.97 Å². The van der Waals surface area contributed by atoms with Crippen molar-refractivity contribution in [2.45, 2.75) is 32.6 Å². The Morgan fingerprint density at radius 3 is 2.84 bits per heavy atom. The van der Waals surface area contributed by atoms with Gasteiger partial charge in [-0.3, -0.25) is 4.79 Å². The molecule has 3 heteroatoms. The van der Waals surface area contributed by atoms with Crippen LogP contribution in [0.1, 0.15) is 40.9 Å². The summed E-state index contributed by atoms with van der Waals surface area (Å²) in [7, 11) is 0. The molecule has 1 aromatic heterocycles. The zero-order chi connectivity index (χ0) is 13.2. The molecule has 0 atom stereocenters. The highest BCUT2D eigenvalue weighted by Gasteiger charge is 2.18. The van der Waals surface area contributed by atoms with Gasteiger partial charge in [-0.2, -0.15) is 0 Å². The van der Waals surface area contributed by atoms with Gasteiger partial charge in [-0.15, -0.1) is 0 Å². The van der Waals surface area contributed by atoms with Crippen molar-refractivity contribution in [3.63, 3.8) is 0 Å². The summed E-state index contributed by atoms with van der Waals surface area (Å²) in [6.45, 7) is 2.05. The maximum absolute atomic E-state index is 11.9. The third-order valence-corrected chi connectivity index (χ3v) is 3.51. The average molecular weight is 252 g/mol. The molecular weight excluding hydrogens is 236 g/mol. The summed E-state index contributed by atoms with van der Waals surface area (Å²) in [6.07, 6.45) is 5.19. The Kier molecular flexibility index (Phi) is 3.11. The van der Waals surface area contributed by atoms with Crippen LogP contribution in [0.25, 0.3) is 11.4 Å². The average Bonchev–Trinajstić information content (AvgIpc) is 2.60. The standard InChI is InChI=1S/C16H16N2O/c1-11-5-4-6-12(9-11)16-17-10-13-14(18-16)7-2-3-8-15(13)19/h4-6,9-10H,2-3,7-8H2,1H3. The van der Waals surface area contributed by atoms with E-state index in [4.69, 9.17) is 0 Å². The molecule has 0 amide bonds. The monoisotopic (exact) mass is 252 g/mol. The zero-order valence-corrected chi connectivity index (χ0v) is 11.0. The van der Waals surface area contributed by atoms with Crippen molar-refractivity contribution < 1.29 is 4.79 Å². The van der Waals surface area contributed by atoms with Gasteiger partial charge in [0.2, 0.25) is 0 Å². The number of carbonyl (C=O) groups is 1. The maximum Gasteiger partial charge on any atom is 0.166 e. The highest BCUT2D eigenvalue weighted by atomic mass is 16.1. The summed E-state index contributed by atoms with van der Waals surface area (Å²) in [4.78, 5) is 20.9. The first-order chi connectivity index (χ1) is 9.24. The van der Waals surface area contributed by atoms with Crippen molar-refractivity contribution in [3.8, 4) is 11.4 Å². The highest BCUT2D eigenvalue weighted by Crippen LogP contribution is 2.22. The molecule has 0 fully saturated rings. The highest BCUT2D eigenvalue weighted by molar-refractivity contribution is 5.97. The Morgan fingerprint density at radius 1 is 1.16 bits per heavy atom. The Morgan fingerprint density at radius 2 is 2.00 bits per heavy atom. The first-order valence-electron chi connectivity index (χ1n) is 6.70. The van der Waals surface area contributed by atoms with Gasteiger partial charge in [-0.05, 0) is 32.3 Å². The number of carbonyl (C=O) groups excluding carboxylic acids is 1. The lowest BCUT2D eigenvalue weighted by atomic mass is 10.1. The third kappa shape index (κ3) is 2.41. The molecule has 3 rings (SSSR count). The Bertz CT molecular complexity index is 634. The van der Waals surface area contributed by atoms with E-state index in [1.54, 1.807) is 6.20 Å². The Hall–Kier alpha value is -2.03. The molecule has 0 unspecified atom stereocenters. The normalized spacial score (nSPS) is 14.9. The molecular formula is C16H16N2O. The van der Waals surface area contributed by atoms with E-state index in [1.165, 1.54) is 5.56 Å². The molecule has 19 heavy (non-hydrogen) atoms. The topological polar surface area (TPSA) is 42.9 Å². The fourth-order valence-corrected chi connectivity index (χ4v) is 2.48. The second kappa shape index (κ2) is 4.92. The van der Waals surface area contributed by atoms with Gasteiger partial charge in [0.05, 0.1) is 11.3 Å². The van der Waals surface area contributed by atoms with Crippen LogP contribution < -0.4 is 0 Å². The lowest BCUT2D eigenvalue weighted by Crippen LogP contribution is -2.05. The van der Waals surface area contributed by atoms with E-state index in [0.29, 0.717) is 12.0 Å². The summed E-state index contributed by atoms with van der Waals surface area (Å²) in [5.74, 6) is 0.903. The van der Waals surface area contributed by atoms with Crippen LogP contribution in [0.5, 0.6) is 0 Å². The van der Waals surface area contributed by atoms with Gasteiger partial charge in [0.25, 0.3) is 0 Å². The predicted octanol–water partition coefficient (Wildman–Crippen LogP) is 3.36. The van der Waals surface area contributed by atoms with E-state index in [1.807, 2.05) is 12.1 Å². The number of aromatic nitrogens is 2. The molecule has 2 aromatic rings. The SMILES string of the molecule is Cc1cccc(-c2ncc3c(n2)CCCCC3=O)c1. The number of fused-ring (bicyclic) bond motifs is 1. The summed E-state index contributed by atoms with van der Waals surface area (Å²) in [5.41, 5.74) is 3.83. The first kappa shape index (κ1) is 12.0. The minimum Gasteiger partial charge on any atom is -0.294 e. The molecule has 1 aliphatic rings. The van der Waals surface area contributed by atoms with E-state index in [2.05, 4.69) is 29.0 Å². The summed E-state index contributed by atoms with van der Waals surface area (Å²) < 4.78 is 0. The van der Waals surface area contributed by atoms with Crippen molar-refractivity contribution in [1.82, 2.24) is 9.97 Å². The van der Waals surface area contributed by atoms with Crippen LogP contribution in [-0.4, -0.2) is 15.8 Å². The number of benzene rings is 1. The van der Waals surface area contributed by atoms with Crippen molar-refractivity contribution in [2.75, 3.05) is 0 Å². The lowest BCUT2D eigenvalue weighted by molar-refractivity contribution is 0.0981. The Balaban J connectivity index is 2.06. The van der Waals surface area contributed by atoms with Gasteiger partial charge >= 0.3 is 0 Å². The fourth-order valence-electron chi connectivity index (χ4n) is 2.48. The minimum absolute atomic E-state index is 0.184. The van der Waals surface area contributed by atoms with E-state index < -0.39 is 0 Å². The second-order valence-electron chi connectivity index (χ2n) is 5.05. The van der Waals surface area contributed by atoms with Gasteiger partial charge in [-0.1, -0.05) is 23.8 Å². The number of rotatable bonds is 1. The van der Waals surface area contributed by atoms with Crippen LogP contribution in [0.3, 0.4) is 0 Å². The number of hydrogen-bond donors (Lipinski definition) is 0. The van der Waals surface area contributed by atoms with Crippen LogP contribution in [0.2, 0.25) is 0 Å². The number of nitrogens with zero attached hydrogens (tertiary/aromatic N) is 2. The van der Waals surface area contributed by atoms with Crippen molar-refractivity contribution in [2.24, 2.45) is 0 Å². The van der Waals surface area contributed by atoms with Crippen molar-refractivity contribution in [3.05, 3.63) is 47.3 Å². The van der Waals surface area contributed by atoms with E-state index in [9.17, 15) is 4.79 Å². The van der Waals surface area contributed by atoms with E-state index in [-0.39, 0.29) is 5.78 Å². The molecule has 0 aliphatic heterocycles. The van der Waals surface area contributed by atoms with E-state index >= 15 is 0 Å². The molecule has 1 heterocycles. The molecule has 96 valence electrons. The van der Waals surface area contributed by atoms with Gasteiger partial charge < -0.3 is 0 Å². The zero-order valence-electron chi connectivity index (χ0n) is 11.0. The first-order valence-corrected chi connectivity index (χ1v) is 6.70. The second-order valence-corrected chi connectivity index (χ2v) is 5.05. The molecule has 3 nitrogen and oxygen atoms in total. The van der Waals surface area contributed by atoms with Crippen LogP contribution >= 0.6 is 0 Å². The van der Waals surface area contributed by atoms with Crippen LogP contribution in [0.4, 0.5) is 0 Å². The number of hydrogen-bond acceptors (Lipinski definition) is 3. The molecule has 0 spiro atoms. The van der Waals surface area contributed by atoms with Gasteiger partial charge in [0.1, 0.15) is 0 Å².